The van der Waals surface area contributed by atoms with Crippen LogP contribution in [-0.4, -0.2) is 40.6 Å². The zero-order valence-corrected chi connectivity index (χ0v) is 13.8. The van der Waals surface area contributed by atoms with E-state index in [0.717, 1.165) is 24.4 Å². The predicted octanol–water partition coefficient (Wildman–Crippen LogP) is 1.99. The molecule has 7 nitrogen and oxygen atoms in total. The monoisotopic (exact) mass is 327 g/mol. The van der Waals surface area contributed by atoms with Crippen LogP contribution in [0.4, 0.5) is 5.82 Å². The average molecular weight is 327 g/mol. The Labute approximate surface area is 140 Å². The molecule has 0 bridgehead atoms. The second-order valence-electron chi connectivity index (χ2n) is 5.71. The molecular weight excluding hydrogens is 306 g/mol. The van der Waals surface area contributed by atoms with Crippen LogP contribution >= 0.6 is 0 Å². The van der Waals surface area contributed by atoms with E-state index in [1.54, 1.807) is 24.7 Å². The minimum atomic E-state index is -0.145. The molecule has 1 aliphatic carbocycles. The van der Waals surface area contributed by atoms with Crippen LogP contribution in [0.1, 0.15) is 41.7 Å². The van der Waals surface area contributed by atoms with Gasteiger partial charge in [0.05, 0.1) is 6.61 Å². The fourth-order valence-electron chi connectivity index (χ4n) is 2.79. The molecule has 7 heteroatoms. The molecule has 0 atom stereocenters. The molecule has 1 aliphatic rings. The minimum absolute atomic E-state index is 0.144. The van der Waals surface area contributed by atoms with Crippen LogP contribution in [0.25, 0.3) is 0 Å². The first-order valence-corrected chi connectivity index (χ1v) is 8.09. The van der Waals surface area contributed by atoms with Gasteiger partial charge < -0.3 is 15.4 Å². The Hall–Kier alpha value is -2.70. The molecule has 1 fully saturated rings. The first-order chi connectivity index (χ1) is 11.7. The minimum Gasteiger partial charge on any atom is -0.477 e. The lowest BCUT2D eigenvalue weighted by Crippen LogP contribution is -2.43. The molecule has 0 aliphatic heterocycles. The van der Waals surface area contributed by atoms with Gasteiger partial charge in [0.2, 0.25) is 5.88 Å². The van der Waals surface area contributed by atoms with Crippen molar-refractivity contribution in [3.05, 3.63) is 42.0 Å². The van der Waals surface area contributed by atoms with Crippen LogP contribution in [0, 0.1) is 0 Å². The number of pyridine rings is 1. The number of hydrogen-bond donors (Lipinski definition) is 2. The Kier molecular flexibility index (Phi) is 4.88. The van der Waals surface area contributed by atoms with E-state index in [1.807, 2.05) is 20.0 Å². The standard InChI is InChI=1S/C17H21N5O2/c1-3-24-17-13(5-4-6-19-17)16(23)22-12-7-11(8-12)14-9-15(18-2)21-10-20-14/h4-6,9-12H,3,7-8H2,1-2H3,(H,22,23)(H,18,20,21). The van der Waals surface area contributed by atoms with Crippen molar-refractivity contribution in [1.29, 1.82) is 0 Å². The van der Waals surface area contributed by atoms with Gasteiger partial charge in [-0.15, -0.1) is 0 Å². The molecule has 2 aromatic rings. The van der Waals surface area contributed by atoms with Crippen molar-refractivity contribution in [3.63, 3.8) is 0 Å². The van der Waals surface area contributed by atoms with Crippen LogP contribution in [-0.2, 0) is 0 Å². The van der Waals surface area contributed by atoms with E-state index in [2.05, 4.69) is 25.6 Å². The van der Waals surface area contributed by atoms with Crippen molar-refractivity contribution in [1.82, 2.24) is 20.3 Å². The second kappa shape index (κ2) is 7.25. The Bertz CT molecular complexity index is 716. The summed E-state index contributed by atoms with van der Waals surface area (Å²) >= 11 is 0. The van der Waals surface area contributed by atoms with Crippen molar-refractivity contribution in [2.24, 2.45) is 0 Å². The van der Waals surface area contributed by atoms with Gasteiger partial charge in [0, 0.05) is 37.0 Å². The molecule has 0 aromatic carbocycles. The van der Waals surface area contributed by atoms with Gasteiger partial charge in [-0.05, 0) is 31.9 Å². The summed E-state index contributed by atoms with van der Waals surface area (Å²) in [6, 6.07) is 5.57. The highest BCUT2D eigenvalue weighted by Gasteiger charge is 2.33. The van der Waals surface area contributed by atoms with Crippen molar-refractivity contribution < 1.29 is 9.53 Å². The van der Waals surface area contributed by atoms with E-state index >= 15 is 0 Å². The summed E-state index contributed by atoms with van der Waals surface area (Å²) in [6.07, 6.45) is 4.93. The number of carbonyl (C=O) groups excluding carboxylic acids is 1. The zero-order chi connectivity index (χ0) is 16.9. The number of rotatable bonds is 6. The molecule has 0 unspecified atom stereocenters. The molecule has 0 saturated heterocycles. The third-order valence-electron chi connectivity index (χ3n) is 4.13. The quantitative estimate of drug-likeness (QED) is 0.843. The SMILES string of the molecule is CCOc1ncccc1C(=O)NC1CC(c2cc(NC)ncn2)C1. The topological polar surface area (TPSA) is 89.0 Å². The highest BCUT2D eigenvalue weighted by molar-refractivity contribution is 5.96. The lowest BCUT2D eigenvalue weighted by molar-refractivity contribution is 0.0903. The van der Waals surface area contributed by atoms with Crippen molar-refractivity contribution in [2.45, 2.75) is 31.7 Å². The highest BCUT2D eigenvalue weighted by Crippen LogP contribution is 2.36. The maximum absolute atomic E-state index is 12.4. The van der Waals surface area contributed by atoms with Gasteiger partial charge in [-0.1, -0.05) is 0 Å². The Morgan fingerprint density at radius 3 is 2.92 bits per heavy atom. The lowest BCUT2D eigenvalue weighted by atomic mass is 9.78. The molecule has 2 heterocycles. The van der Waals surface area contributed by atoms with Crippen LogP contribution in [0.3, 0.4) is 0 Å². The normalized spacial score (nSPS) is 19.2. The number of anilines is 1. The molecule has 1 amide bonds. The van der Waals surface area contributed by atoms with E-state index in [-0.39, 0.29) is 11.9 Å². The number of hydrogen-bond acceptors (Lipinski definition) is 6. The van der Waals surface area contributed by atoms with Crippen LogP contribution in [0.2, 0.25) is 0 Å². The lowest BCUT2D eigenvalue weighted by Gasteiger charge is -2.35. The molecule has 2 aromatic heterocycles. The Morgan fingerprint density at radius 2 is 2.17 bits per heavy atom. The van der Waals surface area contributed by atoms with Crippen LogP contribution in [0.5, 0.6) is 5.88 Å². The summed E-state index contributed by atoms with van der Waals surface area (Å²) in [7, 11) is 1.83. The number of carbonyl (C=O) groups is 1. The van der Waals surface area contributed by atoms with E-state index < -0.39 is 0 Å². The zero-order valence-electron chi connectivity index (χ0n) is 13.8. The summed E-state index contributed by atoms with van der Waals surface area (Å²) in [4.78, 5) is 25.0. The fourth-order valence-corrected chi connectivity index (χ4v) is 2.79. The van der Waals surface area contributed by atoms with Gasteiger partial charge >= 0.3 is 0 Å². The molecule has 0 radical (unpaired) electrons. The number of amides is 1. The molecular formula is C17H21N5O2. The number of aromatic nitrogens is 3. The molecule has 3 rings (SSSR count). The third kappa shape index (κ3) is 3.45. The average Bonchev–Trinajstić information content (AvgIpc) is 2.58. The molecule has 1 saturated carbocycles. The number of ether oxygens (including phenoxy) is 1. The van der Waals surface area contributed by atoms with E-state index in [1.165, 1.54) is 0 Å². The van der Waals surface area contributed by atoms with Gasteiger partial charge in [0.25, 0.3) is 5.91 Å². The van der Waals surface area contributed by atoms with Gasteiger partial charge in [-0.3, -0.25) is 4.79 Å². The van der Waals surface area contributed by atoms with Gasteiger partial charge in [0.1, 0.15) is 17.7 Å². The van der Waals surface area contributed by atoms with Crippen LogP contribution in [0.15, 0.2) is 30.7 Å². The van der Waals surface area contributed by atoms with E-state index in [9.17, 15) is 4.79 Å². The predicted molar refractivity (Wildman–Crippen MR) is 90.2 cm³/mol. The Morgan fingerprint density at radius 1 is 1.33 bits per heavy atom. The maximum atomic E-state index is 12.4. The summed E-state index contributed by atoms with van der Waals surface area (Å²) in [5.74, 6) is 1.39. The largest absolute Gasteiger partial charge is 0.477 e. The van der Waals surface area contributed by atoms with Gasteiger partial charge in [0.15, 0.2) is 0 Å². The fraction of sp³-hybridized carbons (Fsp3) is 0.412. The van der Waals surface area contributed by atoms with Crippen LogP contribution < -0.4 is 15.4 Å². The highest BCUT2D eigenvalue weighted by atomic mass is 16.5. The third-order valence-corrected chi connectivity index (χ3v) is 4.13. The Balaban J connectivity index is 1.58. The van der Waals surface area contributed by atoms with Crippen molar-refractivity contribution >= 4 is 11.7 Å². The maximum Gasteiger partial charge on any atom is 0.256 e. The van der Waals surface area contributed by atoms with Gasteiger partial charge in [-0.2, -0.15) is 0 Å². The van der Waals surface area contributed by atoms with Crippen molar-refractivity contribution in [3.8, 4) is 5.88 Å². The molecule has 126 valence electrons. The second-order valence-corrected chi connectivity index (χ2v) is 5.71. The summed E-state index contributed by atoms with van der Waals surface area (Å²) in [6.45, 7) is 2.35. The van der Waals surface area contributed by atoms with Crippen molar-refractivity contribution in [2.75, 3.05) is 19.0 Å². The van der Waals surface area contributed by atoms with E-state index in [0.29, 0.717) is 24.0 Å². The summed E-state index contributed by atoms with van der Waals surface area (Å²) < 4.78 is 5.41. The molecule has 0 spiro atoms. The summed E-state index contributed by atoms with van der Waals surface area (Å²) in [5.41, 5.74) is 1.48. The molecule has 24 heavy (non-hydrogen) atoms. The number of nitrogens with zero attached hydrogens (tertiary/aromatic N) is 3. The van der Waals surface area contributed by atoms with E-state index in [4.69, 9.17) is 4.74 Å². The first kappa shape index (κ1) is 16.2. The summed E-state index contributed by atoms with van der Waals surface area (Å²) in [5, 5.41) is 6.05. The first-order valence-electron chi connectivity index (χ1n) is 8.09. The smallest absolute Gasteiger partial charge is 0.256 e. The van der Waals surface area contributed by atoms with Gasteiger partial charge in [-0.25, -0.2) is 15.0 Å². The molecule has 2 N–H and O–H groups in total. The number of nitrogens with one attached hydrogen (secondary N) is 2.